The molecule has 0 spiro atoms. The molecule has 8 atom stereocenters. The summed E-state index contributed by atoms with van der Waals surface area (Å²) in [5.74, 6) is 7.88. The largest absolute Gasteiger partial charge is 0.522 e. The van der Waals surface area contributed by atoms with Crippen molar-refractivity contribution in [1.29, 1.82) is 0 Å². The molecule has 5 heteroatoms. The fourth-order valence-electron chi connectivity index (χ4n) is 10.3. The topological polar surface area (TPSA) is 24.9 Å². The normalized spacial score (nSPS) is 44.9. The lowest BCUT2D eigenvalue weighted by atomic mass is 9.60. The van der Waals surface area contributed by atoms with Gasteiger partial charge in [0.05, 0.1) is 0 Å². The molecule has 0 aromatic carbocycles. The fraction of sp³-hybridized carbons (Fsp3) is 1.00. The van der Waals surface area contributed by atoms with Crippen molar-refractivity contribution in [2.45, 2.75) is 89.9 Å². The van der Waals surface area contributed by atoms with Crippen LogP contribution in [0, 0.1) is 47.3 Å². The van der Waals surface area contributed by atoms with Crippen molar-refractivity contribution in [3.63, 3.8) is 0 Å². The van der Waals surface area contributed by atoms with E-state index in [1.807, 2.05) is 14.2 Å². The average Bonchev–Trinajstić information content (AvgIpc) is 2.89. The minimum absolute atomic E-state index is 0.880. The fourth-order valence-corrected chi connectivity index (χ4v) is 13.7. The van der Waals surface area contributed by atoms with Gasteiger partial charge in [0, 0.05) is 27.3 Å². The van der Waals surface area contributed by atoms with E-state index in [-0.39, 0.29) is 0 Å². The van der Waals surface area contributed by atoms with Crippen molar-refractivity contribution in [3.05, 3.63) is 0 Å². The van der Waals surface area contributed by atoms with Gasteiger partial charge in [-0.15, -0.1) is 0 Å². The van der Waals surface area contributed by atoms with Gasteiger partial charge in [-0.25, -0.2) is 0 Å². The second-order valence-corrected chi connectivity index (χ2v) is 16.0. The third-order valence-corrected chi connectivity index (χ3v) is 15.2. The van der Waals surface area contributed by atoms with Crippen LogP contribution in [0.2, 0.25) is 0 Å². The van der Waals surface area contributed by atoms with Gasteiger partial charge in [-0.3, -0.25) is 9.13 Å². The highest BCUT2D eigenvalue weighted by atomic mass is 28.4. The van der Waals surface area contributed by atoms with E-state index in [1.165, 1.54) is 116 Å². The highest BCUT2D eigenvalue weighted by Gasteiger charge is 2.57. The summed E-state index contributed by atoms with van der Waals surface area (Å²) in [5, 5.41) is 0. The Morgan fingerprint density at radius 1 is 0.485 bits per heavy atom. The number of hydrogen-bond donors (Lipinski definition) is 0. The molecule has 2 heterocycles. The predicted molar refractivity (Wildman–Crippen MR) is 135 cm³/mol. The zero-order chi connectivity index (χ0) is 22.4. The Morgan fingerprint density at radius 3 is 1.33 bits per heavy atom. The van der Waals surface area contributed by atoms with Crippen LogP contribution in [0.4, 0.5) is 0 Å². The summed E-state index contributed by atoms with van der Waals surface area (Å²) >= 11 is 0. The van der Waals surface area contributed by atoms with E-state index in [0.717, 1.165) is 47.3 Å². The van der Waals surface area contributed by atoms with Crippen molar-refractivity contribution < 1.29 is 8.85 Å². The number of hydrogen-bond acceptors (Lipinski definition) is 4. The Morgan fingerprint density at radius 2 is 0.879 bits per heavy atom. The number of piperidine rings is 2. The smallest absolute Gasteiger partial charge is 0.374 e. The van der Waals surface area contributed by atoms with Crippen LogP contribution in [0.3, 0.4) is 0 Å². The molecule has 2 aliphatic heterocycles. The van der Waals surface area contributed by atoms with Gasteiger partial charge in [0.25, 0.3) is 0 Å². The van der Waals surface area contributed by atoms with Crippen LogP contribution in [0.5, 0.6) is 0 Å². The van der Waals surface area contributed by atoms with Crippen LogP contribution < -0.4 is 0 Å². The molecule has 4 saturated carbocycles. The van der Waals surface area contributed by atoms with Crippen molar-refractivity contribution in [3.8, 4) is 0 Å². The van der Waals surface area contributed by atoms with E-state index in [9.17, 15) is 0 Å². The summed E-state index contributed by atoms with van der Waals surface area (Å²) in [7, 11) is 1.41. The van der Waals surface area contributed by atoms with E-state index in [4.69, 9.17) is 8.85 Å². The van der Waals surface area contributed by atoms with Crippen LogP contribution >= 0.6 is 0 Å². The summed E-state index contributed by atoms with van der Waals surface area (Å²) in [6, 6.07) is 0. The van der Waals surface area contributed by atoms with Crippen molar-refractivity contribution in [2.75, 3.05) is 40.4 Å². The maximum Gasteiger partial charge on any atom is 0.522 e. The lowest BCUT2D eigenvalue weighted by Crippen LogP contribution is -2.73. The molecule has 4 aliphatic carbocycles. The van der Waals surface area contributed by atoms with Gasteiger partial charge in [-0.1, -0.05) is 38.5 Å². The molecule has 0 N–H and O–H groups in total. The maximum absolute atomic E-state index is 6.51. The third-order valence-electron chi connectivity index (χ3n) is 11.8. The molecule has 6 rings (SSSR count). The van der Waals surface area contributed by atoms with Crippen LogP contribution in [-0.2, 0) is 8.85 Å². The first-order chi connectivity index (χ1) is 16.2. The molecule has 4 nitrogen and oxygen atoms in total. The minimum Gasteiger partial charge on any atom is -0.374 e. The van der Waals surface area contributed by atoms with Crippen molar-refractivity contribution in [2.24, 2.45) is 47.3 Å². The standard InChI is InChI=1S/C28H50N2O2Si/c1-31-33(32-2,29-17-15-27-23(19-29)13-11-21-7-3-5-9-25(21)27)30-18-16-28-24(20-30)14-12-22-8-4-6-10-26(22)28/h21-28H,3-20H2,1-2H3. The Bertz CT molecular complexity index is 620. The summed E-state index contributed by atoms with van der Waals surface area (Å²) in [6.07, 6.45) is 20.7. The van der Waals surface area contributed by atoms with Crippen molar-refractivity contribution in [1.82, 2.24) is 9.13 Å². The summed E-state index contributed by atoms with van der Waals surface area (Å²) in [6.45, 7) is 4.87. The highest BCUT2D eigenvalue weighted by Crippen LogP contribution is 2.52. The first-order valence-electron chi connectivity index (χ1n) is 14.8. The third kappa shape index (κ3) is 4.10. The number of fused-ring (bicyclic) bond motifs is 6. The van der Waals surface area contributed by atoms with Gasteiger partial charge < -0.3 is 8.85 Å². The first-order valence-corrected chi connectivity index (χ1v) is 16.5. The predicted octanol–water partition coefficient (Wildman–Crippen LogP) is 5.79. The molecule has 0 radical (unpaired) electrons. The molecular weight excluding hydrogens is 424 g/mol. The molecule has 0 bridgehead atoms. The molecular formula is C28H50N2O2Si. The van der Waals surface area contributed by atoms with E-state index >= 15 is 0 Å². The lowest BCUT2D eigenvalue weighted by Gasteiger charge is -2.56. The Kier molecular flexibility index (Phi) is 6.99. The van der Waals surface area contributed by atoms with Crippen LogP contribution in [0.25, 0.3) is 0 Å². The zero-order valence-electron chi connectivity index (χ0n) is 21.6. The lowest BCUT2D eigenvalue weighted by molar-refractivity contribution is -0.0299. The molecule has 2 saturated heterocycles. The van der Waals surface area contributed by atoms with Crippen LogP contribution in [-0.4, -0.2) is 58.4 Å². The second-order valence-electron chi connectivity index (χ2n) is 12.8. The molecule has 8 unspecified atom stereocenters. The Hall–Kier alpha value is 0.0569. The second kappa shape index (κ2) is 9.84. The van der Waals surface area contributed by atoms with E-state index in [1.54, 1.807) is 0 Å². The minimum atomic E-state index is -2.51. The highest BCUT2D eigenvalue weighted by molar-refractivity contribution is 6.61. The Labute approximate surface area is 204 Å². The molecule has 6 aliphatic rings. The van der Waals surface area contributed by atoms with Crippen LogP contribution in [0.1, 0.15) is 89.9 Å². The van der Waals surface area contributed by atoms with E-state index in [0.29, 0.717) is 0 Å². The van der Waals surface area contributed by atoms with E-state index in [2.05, 4.69) is 9.13 Å². The van der Waals surface area contributed by atoms with Gasteiger partial charge in [-0.05, 0) is 112 Å². The van der Waals surface area contributed by atoms with Crippen molar-refractivity contribution >= 4 is 8.88 Å². The molecule has 0 amide bonds. The molecule has 33 heavy (non-hydrogen) atoms. The summed E-state index contributed by atoms with van der Waals surface area (Å²) in [5.41, 5.74) is 0. The molecule has 188 valence electrons. The van der Waals surface area contributed by atoms with Gasteiger partial charge >= 0.3 is 8.88 Å². The molecule has 0 aromatic rings. The van der Waals surface area contributed by atoms with Gasteiger partial charge in [0.15, 0.2) is 0 Å². The summed E-state index contributed by atoms with van der Waals surface area (Å²) < 4.78 is 18.5. The Balaban J connectivity index is 1.15. The first kappa shape index (κ1) is 23.5. The monoisotopic (exact) mass is 474 g/mol. The van der Waals surface area contributed by atoms with Gasteiger partial charge in [0.1, 0.15) is 0 Å². The summed E-state index contributed by atoms with van der Waals surface area (Å²) in [4.78, 5) is 0. The molecule has 0 aromatic heterocycles. The zero-order valence-corrected chi connectivity index (χ0v) is 22.6. The molecule has 6 fully saturated rings. The average molecular weight is 475 g/mol. The maximum atomic E-state index is 6.51. The number of nitrogens with zero attached hydrogens (tertiary/aromatic N) is 2. The van der Waals surface area contributed by atoms with E-state index < -0.39 is 8.88 Å². The number of rotatable bonds is 4. The van der Waals surface area contributed by atoms with Gasteiger partial charge in [0.2, 0.25) is 0 Å². The van der Waals surface area contributed by atoms with Crippen LogP contribution in [0.15, 0.2) is 0 Å². The quantitative estimate of drug-likeness (QED) is 0.481. The SMILES string of the molecule is CO[Si](OC)(N1CCC2C(CCC3CCCCC32)C1)N1CCC2C(CCC3CCCCC32)C1. The van der Waals surface area contributed by atoms with Gasteiger partial charge in [-0.2, -0.15) is 0 Å².